The van der Waals surface area contributed by atoms with E-state index in [-0.39, 0.29) is 28.4 Å². The third-order valence-electron chi connectivity index (χ3n) is 1.94. The smallest absolute Gasteiger partial charge is 0.300 e. The minimum Gasteiger partial charge on any atom is -0.507 e. The van der Waals surface area contributed by atoms with Crippen LogP contribution in [0.3, 0.4) is 0 Å². The summed E-state index contributed by atoms with van der Waals surface area (Å²) >= 11 is 0. The van der Waals surface area contributed by atoms with Crippen molar-refractivity contribution in [2.24, 2.45) is 0 Å². The molecule has 17 heavy (non-hydrogen) atoms. The van der Waals surface area contributed by atoms with Gasteiger partial charge in [-0.1, -0.05) is 12.1 Å². The Bertz CT molecular complexity index is 510. The molecule has 88 valence electrons. The number of carboxylic acid groups (broad SMARTS) is 1. The number of carboxylic acids is 1. The summed E-state index contributed by atoms with van der Waals surface area (Å²) in [5.74, 6) is -1.54. The highest BCUT2D eigenvalue weighted by atomic mass is 16.4. The van der Waals surface area contributed by atoms with Crippen molar-refractivity contribution in [2.75, 3.05) is 0 Å². The number of benzene rings is 1. The Morgan fingerprint density at radius 2 is 1.65 bits per heavy atom. The lowest BCUT2D eigenvalue weighted by molar-refractivity contribution is -0.134. The first-order chi connectivity index (χ1) is 7.93. The van der Waals surface area contributed by atoms with E-state index in [1.807, 2.05) is 0 Å². The maximum Gasteiger partial charge on any atom is 0.300 e. The lowest BCUT2D eigenvalue weighted by atomic mass is 9.94. The zero-order valence-corrected chi connectivity index (χ0v) is 9.01. The molecule has 0 spiro atoms. The summed E-state index contributed by atoms with van der Waals surface area (Å²) in [7, 11) is 0. The highest BCUT2D eigenvalue weighted by molar-refractivity contribution is 6.23. The van der Waals surface area contributed by atoms with E-state index in [9.17, 15) is 14.7 Å². The molecular weight excluding hydrogens is 224 g/mol. The molecule has 1 aliphatic rings. The first-order valence-electron chi connectivity index (χ1n) is 4.71. The van der Waals surface area contributed by atoms with Gasteiger partial charge in [0.15, 0.2) is 11.6 Å². The molecule has 0 bridgehead atoms. The van der Waals surface area contributed by atoms with Gasteiger partial charge in [-0.15, -0.1) is 0 Å². The second-order valence-electron chi connectivity index (χ2n) is 3.28. The first-order valence-corrected chi connectivity index (χ1v) is 4.71. The molecule has 5 nitrogen and oxygen atoms in total. The maximum atomic E-state index is 11.3. The van der Waals surface area contributed by atoms with Gasteiger partial charge in [0, 0.05) is 12.5 Å². The highest BCUT2D eigenvalue weighted by Crippen LogP contribution is 2.25. The summed E-state index contributed by atoms with van der Waals surface area (Å²) in [5.41, 5.74) is 0.377. The summed E-state index contributed by atoms with van der Waals surface area (Å²) in [6, 6.07) is 4.46. The van der Waals surface area contributed by atoms with Crippen molar-refractivity contribution in [3.63, 3.8) is 0 Å². The summed E-state index contributed by atoms with van der Waals surface area (Å²) in [6.45, 7) is 1.08. The average Bonchev–Trinajstić information content (AvgIpc) is 2.23. The average molecular weight is 234 g/mol. The predicted octanol–water partition coefficient (Wildman–Crippen LogP) is 1.42. The number of phenols is 1. The van der Waals surface area contributed by atoms with Crippen molar-refractivity contribution < 1.29 is 24.6 Å². The SMILES string of the molecule is CC(=O)O.O=C1C=CC(=O)c2c(O)cccc21. The van der Waals surface area contributed by atoms with Crippen LogP contribution in [0.4, 0.5) is 0 Å². The van der Waals surface area contributed by atoms with Crippen LogP contribution >= 0.6 is 0 Å². The summed E-state index contributed by atoms with van der Waals surface area (Å²) < 4.78 is 0. The van der Waals surface area contributed by atoms with Gasteiger partial charge in [0.25, 0.3) is 5.97 Å². The van der Waals surface area contributed by atoms with E-state index in [1.165, 1.54) is 24.3 Å². The molecule has 0 atom stereocenters. The van der Waals surface area contributed by atoms with Crippen LogP contribution in [0.2, 0.25) is 0 Å². The number of aromatic hydroxyl groups is 1. The van der Waals surface area contributed by atoms with Crippen LogP contribution in [0.15, 0.2) is 30.4 Å². The van der Waals surface area contributed by atoms with E-state index in [2.05, 4.69) is 0 Å². The van der Waals surface area contributed by atoms with Gasteiger partial charge in [-0.25, -0.2) is 0 Å². The number of rotatable bonds is 0. The van der Waals surface area contributed by atoms with Crippen molar-refractivity contribution in [3.05, 3.63) is 41.5 Å². The van der Waals surface area contributed by atoms with Crippen molar-refractivity contribution in [3.8, 4) is 5.75 Å². The molecule has 0 saturated carbocycles. The molecule has 2 N–H and O–H groups in total. The van der Waals surface area contributed by atoms with E-state index < -0.39 is 5.97 Å². The molecule has 0 aromatic heterocycles. The van der Waals surface area contributed by atoms with Crippen molar-refractivity contribution >= 4 is 17.5 Å². The van der Waals surface area contributed by atoms with Gasteiger partial charge in [0.2, 0.25) is 0 Å². The van der Waals surface area contributed by atoms with E-state index in [0.29, 0.717) is 0 Å². The minimum atomic E-state index is -0.833. The topological polar surface area (TPSA) is 91.7 Å². The number of allylic oxidation sites excluding steroid dienone is 2. The number of ketones is 2. The van der Waals surface area contributed by atoms with E-state index in [4.69, 9.17) is 9.90 Å². The number of fused-ring (bicyclic) bond motifs is 1. The van der Waals surface area contributed by atoms with E-state index in [0.717, 1.165) is 6.92 Å². The molecule has 0 amide bonds. The van der Waals surface area contributed by atoms with Crippen LogP contribution < -0.4 is 0 Å². The fraction of sp³-hybridized carbons (Fsp3) is 0.0833. The van der Waals surface area contributed by atoms with Gasteiger partial charge in [0.1, 0.15) is 5.75 Å². The number of carbonyl (C=O) groups excluding carboxylic acids is 2. The quantitative estimate of drug-likeness (QED) is 0.708. The van der Waals surface area contributed by atoms with Gasteiger partial charge in [-0.3, -0.25) is 14.4 Å². The number of hydrogen-bond donors (Lipinski definition) is 2. The fourth-order valence-corrected chi connectivity index (χ4v) is 1.33. The van der Waals surface area contributed by atoms with E-state index >= 15 is 0 Å². The normalized spacial score (nSPS) is 12.5. The molecule has 0 aliphatic heterocycles. The molecule has 1 aliphatic carbocycles. The standard InChI is InChI=1S/C10H6O3.C2H4O2/c11-7-4-5-9(13)10-6(7)2-1-3-8(10)12;1-2(3)4/h1-5,12H;1H3,(H,3,4). The summed E-state index contributed by atoms with van der Waals surface area (Å²) in [5, 5.41) is 16.8. The second kappa shape index (κ2) is 5.07. The third-order valence-corrected chi connectivity index (χ3v) is 1.94. The molecule has 1 aromatic rings. The Morgan fingerprint density at radius 1 is 1.12 bits per heavy atom. The molecule has 0 unspecified atom stereocenters. The maximum absolute atomic E-state index is 11.3. The second-order valence-corrected chi connectivity index (χ2v) is 3.28. The van der Waals surface area contributed by atoms with Crippen molar-refractivity contribution in [1.29, 1.82) is 0 Å². The Hall–Kier alpha value is -2.43. The fourth-order valence-electron chi connectivity index (χ4n) is 1.33. The monoisotopic (exact) mass is 234 g/mol. The van der Waals surface area contributed by atoms with Gasteiger partial charge < -0.3 is 10.2 Å². The first kappa shape index (κ1) is 12.6. The van der Waals surface area contributed by atoms with Crippen molar-refractivity contribution in [2.45, 2.75) is 6.92 Å². The molecule has 0 heterocycles. The highest BCUT2D eigenvalue weighted by Gasteiger charge is 2.21. The van der Waals surface area contributed by atoms with Crippen LogP contribution in [0.1, 0.15) is 27.6 Å². The molecule has 0 fully saturated rings. The van der Waals surface area contributed by atoms with Crippen LogP contribution in [0.25, 0.3) is 0 Å². The number of hydrogen-bond acceptors (Lipinski definition) is 4. The van der Waals surface area contributed by atoms with Crippen molar-refractivity contribution in [1.82, 2.24) is 0 Å². The Kier molecular flexibility index (Phi) is 3.77. The third kappa shape index (κ3) is 3.01. The summed E-state index contributed by atoms with van der Waals surface area (Å²) in [6.07, 6.45) is 2.38. The van der Waals surface area contributed by atoms with Crippen LogP contribution in [-0.2, 0) is 4.79 Å². The minimum absolute atomic E-state index is 0.106. The molecule has 1 aromatic carbocycles. The number of aliphatic carboxylic acids is 1. The lowest BCUT2D eigenvalue weighted by Crippen LogP contribution is -2.11. The molecular formula is C12H10O5. The molecule has 0 radical (unpaired) electrons. The Balaban J connectivity index is 0.000000317. The zero-order valence-electron chi connectivity index (χ0n) is 9.01. The van der Waals surface area contributed by atoms with Gasteiger partial charge in [-0.2, -0.15) is 0 Å². The lowest BCUT2D eigenvalue weighted by Gasteiger charge is -2.09. The number of phenolic OH excluding ortho intramolecular Hbond substituents is 1. The Labute approximate surface area is 97.0 Å². The van der Waals surface area contributed by atoms with Crippen LogP contribution in [-0.4, -0.2) is 27.7 Å². The Morgan fingerprint density at radius 3 is 2.18 bits per heavy atom. The largest absolute Gasteiger partial charge is 0.507 e. The number of carbonyl (C=O) groups is 3. The molecule has 0 saturated heterocycles. The molecule has 2 rings (SSSR count). The molecule has 5 heteroatoms. The van der Waals surface area contributed by atoms with Gasteiger partial charge in [-0.05, 0) is 18.2 Å². The van der Waals surface area contributed by atoms with Crippen LogP contribution in [0.5, 0.6) is 5.75 Å². The van der Waals surface area contributed by atoms with Gasteiger partial charge in [0.05, 0.1) is 5.56 Å². The summed E-state index contributed by atoms with van der Waals surface area (Å²) in [4.78, 5) is 31.5. The van der Waals surface area contributed by atoms with Crippen LogP contribution in [0, 0.1) is 0 Å². The predicted molar refractivity (Wildman–Crippen MR) is 59.2 cm³/mol. The van der Waals surface area contributed by atoms with Gasteiger partial charge >= 0.3 is 0 Å². The zero-order chi connectivity index (χ0) is 13.0. The van der Waals surface area contributed by atoms with E-state index in [1.54, 1.807) is 6.07 Å².